The lowest BCUT2D eigenvalue weighted by molar-refractivity contribution is -0.602. The number of hydrogen-bond acceptors (Lipinski definition) is 6. The number of benzene rings is 1. The van der Waals surface area contributed by atoms with Gasteiger partial charge in [0, 0.05) is 0 Å². The van der Waals surface area contributed by atoms with Crippen LogP contribution in [0.15, 0.2) is 30.3 Å². The van der Waals surface area contributed by atoms with E-state index in [-0.39, 0.29) is 19.0 Å². The molecule has 19 heavy (non-hydrogen) atoms. The molecule has 0 aliphatic carbocycles. The number of ether oxygens (including phenoxy) is 1. The van der Waals surface area contributed by atoms with Crippen molar-refractivity contribution >= 4 is 28.8 Å². The van der Waals surface area contributed by atoms with Crippen LogP contribution in [0.4, 0.5) is 4.79 Å². The minimum atomic E-state index is -5.31. The third-order valence-electron chi connectivity index (χ3n) is 1.73. The Balaban J connectivity index is 0.00000324. The van der Waals surface area contributed by atoms with Gasteiger partial charge in [-0.3, -0.25) is 4.55 Å². The molecule has 9 nitrogen and oxygen atoms in total. The van der Waals surface area contributed by atoms with Gasteiger partial charge in [-0.2, -0.15) is 8.42 Å². The van der Waals surface area contributed by atoms with E-state index in [9.17, 15) is 23.3 Å². The van der Waals surface area contributed by atoms with Crippen molar-refractivity contribution in [2.75, 3.05) is 0 Å². The number of halogens is 1. The second-order valence-electron chi connectivity index (χ2n) is 3.00. The number of carbonyl (C=O) groups excluding carboxylic acids is 1. The predicted molar refractivity (Wildman–Crippen MR) is 64.3 cm³/mol. The van der Waals surface area contributed by atoms with Crippen LogP contribution >= 0.6 is 12.4 Å². The first-order valence-corrected chi connectivity index (χ1v) is 5.85. The second-order valence-corrected chi connectivity index (χ2v) is 4.24. The van der Waals surface area contributed by atoms with Gasteiger partial charge in [-0.25, -0.2) is 14.9 Å². The van der Waals surface area contributed by atoms with Gasteiger partial charge in [-0.1, -0.05) is 30.3 Å². The fraction of sp³-hybridized carbons (Fsp3) is 0.125. The first kappa shape index (κ1) is 17.1. The SMILES string of the molecule is Cl.O=C(OCc1ccccc1)N([N+](=O)[O-])S(=O)(=O)O. The van der Waals surface area contributed by atoms with Crippen molar-refractivity contribution in [3.63, 3.8) is 0 Å². The van der Waals surface area contributed by atoms with Gasteiger partial charge in [-0.15, -0.1) is 12.4 Å². The lowest BCUT2D eigenvalue weighted by Crippen LogP contribution is -2.41. The van der Waals surface area contributed by atoms with Crippen molar-refractivity contribution < 1.29 is 27.5 Å². The van der Waals surface area contributed by atoms with Gasteiger partial charge < -0.3 is 4.74 Å². The summed E-state index contributed by atoms with van der Waals surface area (Å²) in [5.74, 6) is 0. The highest BCUT2D eigenvalue weighted by molar-refractivity contribution is 7.83. The molecule has 1 aromatic rings. The van der Waals surface area contributed by atoms with Gasteiger partial charge in [0.05, 0.1) is 0 Å². The lowest BCUT2D eigenvalue weighted by Gasteiger charge is -2.08. The third kappa shape index (κ3) is 5.07. The van der Waals surface area contributed by atoms with E-state index in [4.69, 9.17) is 4.55 Å². The molecule has 0 atom stereocenters. The highest BCUT2D eigenvalue weighted by Gasteiger charge is 2.39. The van der Waals surface area contributed by atoms with E-state index in [1.165, 1.54) is 0 Å². The molecule has 0 saturated carbocycles. The fourth-order valence-corrected chi connectivity index (χ4v) is 1.43. The number of hydrazine groups is 1. The summed E-state index contributed by atoms with van der Waals surface area (Å²) < 4.78 is 33.0. The van der Waals surface area contributed by atoms with E-state index in [2.05, 4.69) is 4.74 Å². The summed E-state index contributed by atoms with van der Waals surface area (Å²) in [6.07, 6.45) is -1.80. The zero-order valence-electron chi connectivity index (χ0n) is 9.20. The Bertz CT molecular complexity index is 547. The van der Waals surface area contributed by atoms with Crippen LogP contribution in [0.2, 0.25) is 0 Å². The average Bonchev–Trinajstić information content (AvgIpc) is 2.25. The third-order valence-corrected chi connectivity index (χ3v) is 2.45. The van der Waals surface area contributed by atoms with E-state index >= 15 is 0 Å². The first-order valence-electron chi connectivity index (χ1n) is 4.45. The predicted octanol–water partition coefficient (Wildman–Crippen LogP) is 1.04. The first-order chi connectivity index (χ1) is 8.32. The molecule has 106 valence electrons. The highest BCUT2D eigenvalue weighted by Crippen LogP contribution is 2.06. The van der Waals surface area contributed by atoms with Gasteiger partial charge >= 0.3 is 16.4 Å². The number of hydrogen-bond donors (Lipinski definition) is 1. The molecule has 0 aromatic heterocycles. The van der Waals surface area contributed by atoms with E-state index in [0.717, 1.165) is 0 Å². The Hall–Kier alpha value is -1.91. The maximum Gasteiger partial charge on any atom is 0.487 e. The van der Waals surface area contributed by atoms with Crippen LogP contribution in [0.3, 0.4) is 0 Å². The van der Waals surface area contributed by atoms with Gasteiger partial charge in [0.15, 0.2) is 5.03 Å². The summed E-state index contributed by atoms with van der Waals surface area (Å²) >= 11 is 0. The minimum absolute atomic E-state index is 0. The maximum atomic E-state index is 11.1. The molecule has 1 aromatic carbocycles. The summed E-state index contributed by atoms with van der Waals surface area (Å²) in [4.78, 5) is 21.4. The number of carbonyl (C=O) groups is 1. The number of rotatable bonds is 4. The van der Waals surface area contributed by atoms with Crippen LogP contribution in [0, 0.1) is 10.1 Å². The molecule has 0 saturated heterocycles. The summed E-state index contributed by atoms with van der Waals surface area (Å²) in [5.41, 5.74) is 0.504. The van der Waals surface area contributed by atoms with Crippen LogP contribution in [0.5, 0.6) is 0 Å². The number of nitrogens with zero attached hydrogens (tertiary/aromatic N) is 2. The van der Waals surface area contributed by atoms with Crippen LogP contribution < -0.4 is 0 Å². The van der Waals surface area contributed by atoms with Crippen molar-refractivity contribution in [2.24, 2.45) is 0 Å². The smallest absolute Gasteiger partial charge is 0.440 e. The van der Waals surface area contributed by atoms with Crippen LogP contribution in [0.25, 0.3) is 0 Å². The zero-order chi connectivity index (χ0) is 13.8. The highest BCUT2D eigenvalue weighted by atomic mass is 35.5. The largest absolute Gasteiger partial charge is 0.487 e. The van der Waals surface area contributed by atoms with Gasteiger partial charge in [-0.05, 0) is 5.56 Å². The molecular weight excluding hydrogens is 304 g/mol. The van der Waals surface area contributed by atoms with Gasteiger partial charge in [0.2, 0.25) is 0 Å². The second kappa shape index (κ2) is 6.87. The molecule has 0 bridgehead atoms. The Labute approximate surface area is 114 Å². The summed E-state index contributed by atoms with van der Waals surface area (Å²) in [6, 6.07) is 8.11. The monoisotopic (exact) mass is 312 g/mol. The maximum absolute atomic E-state index is 11.1. The molecule has 11 heteroatoms. The summed E-state index contributed by atoms with van der Waals surface area (Å²) in [6.45, 7) is -0.362. The Morgan fingerprint density at radius 2 is 1.89 bits per heavy atom. The molecule has 0 radical (unpaired) electrons. The van der Waals surface area contributed by atoms with Crippen molar-refractivity contribution in [3.05, 3.63) is 46.0 Å². The Morgan fingerprint density at radius 3 is 2.32 bits per heavy atom. The molecular formula is C8H9ClN2O7S. The topological polar surface area (TPSA) is 127 Å². The molecule has 1 rings (SSSR count). The molecule has 0 heterocycles. The Kier molecular flexibility index (Phi) is 6.18. The van der Waals surface area contributed by atoms with E-state index < -0.39 is 25.8 Å². The zero-order valence-corrected chi connectivity index (χ0v) is 10.8. The summed E-state index contributed by atoms with van der Waals surface area (Å²) in [5, 5.41) is 8.70. The molecule has 0 aliphatic rings. The molecule has 0 aliphatic heterocycles. The van der Waals surface area contributed by atoms with Crippen molar-refractivity contribution in [1.29, 1.82) is 0 Å². The number of nitro groups is 1. The molecule has 1 amide bonds. The van der Waals surface area contributed by atoms with E-state index in [1.54, 1.807) is 30.3 Å². The van der Waals surface area contributed by atoms with Crippen molar-refractivity contribution in [1.82, 2.24) is 4.41 Å². The van der Waals surface area contributed by atoms with E-state index in [0.29, 0.717) is 5.56 Å². The van der Waals surface area contributed by atoms with E-state index in [1.807, 2.05) is 0 Å². The van der Waals surface area contributed by atoms with Crippen LogP contribution in [0.1, 0.15) is 5.56 Å². The molecule has 0 unspecified atom stereocenters. The number of amides is 1. The molecule has 1 N–H and O–H groups in total. The standard InChI is InChI=1S/C8H8N2O7S.ClH/c11-8(9(10(12)13)18(14,15)16)17-6-7-4-2-1-3-5-7;/h1-5H,6H2,(H,14,15,16);1H. The minimum Gasteiger partial charge on any atom is -0.440 e. The average molecular weight is 313 g/mol. The fourth-order valence-electron chi connectivity index (χ4n) is 1.02. The van der Waals surface area contributed by atoms with Gasteiger partial charge in [0.1, 0.15) is 11.0 Å². The lowest BCUT2D eigenvalue weighted by atomic mass is 10.2. The normalized spacial score (nSPS) is 10.2. The van der Waals surface area contributed by atoms with Crippen molar-refractivity contribution in [3.8, 4) is 0 Å². The van der Waals surface area contributed by atoms with Crippen LogP contribution in [-0.4, -0.2) is 28.5 Å². The van der Waals surface area contributed by atoms with Crippen LogP contribution in [-0.2, 0) is 21.6 Å². The van der Waals surface area contributed by atoms with Gasteiger partial charge in [0.25, 0.3) is 0 Å². The van der Waals surface area contributed by atoms with Crippen molar-refractivity contribution in [2.45, 2.75) is 6.61 Å². The summed E-state index contributed by atoms with van der Waals surface area (Å²) in [7, 11) is -5.31. The Morgan fingerprint density at radius 1 is 1.37 bits per heavy atom. The quantitative estimate of drug-likeness (QED) is 0.500. The molecule has 0 fully saturated rings. The molecule has 0 spiro atoms.